The van der Waals surface area contributed by atoms with Crippen molar-refractivity contribution in [3.8, 4) is 0 Å². The highest BCUT2D eigenvalue weighted by molar-refractivity contribution is 7.17. The summed E-state index contributed by atoms with van der Waals surface area (Å²) in [4.78, 5) is 0. The predicted molar refractivity (Wildman–Crippen MR) is 89.9 cm³/mol. The number of aromatic nitrogens is 2. The smallest absolute Gasteiger partial charge is 0.0622 e. The second-order valence-corrected chi connectivity index (χ2v) is 6.11. The summed E-state index contributed by atoms with van der Waals surface area (Å²) >= 11 is 1.82. The third kappa shape index (κ3) is 2.87. The standard InChI is InChI=1S/C17H21N3S/c1-3-9-18-17(13-10-19-20(4-2)11-13)15-12-21-16-8-6-5-7-14(15)16/h5-8,10-12,17-18H,3-4,9H2,1-2H3. The number of nitrogens with zero attached hydrogens (tertiary/aromatic N) is 2. The minimum absolute atomic E-state index is 0.224. The Bertz CT molecular complexity index is 713. The largest absolute Gasteiger partial charge is 0.306 e. The zero-order valence-electron chi connectivity index (χ0n) is 12.5. The van der Waals surface area contributed by atoms with Gasteiger partial charge in [-0.3, -0.25) is 4.68 Å². The van der Waals surface area contributed by atoms with Crippen molar-refractivity contribution in [2.45, 2.75) is 32.9 Å². The summed E-state index contributed by atoms with van der Waals surface area (Å²) in [5, 5.41) is 11.7. The van der Waals surface area contributed by atoms with Crippen molar-refractivity contribution >= 4 is 21.4 Å². The summed E-state index contributed by atoms with van der Waals surface area (Å²) in [6.07, 6.45) is 5.27. The normalized spacial score (nSPS) is 12.9. The molecule has 4 heteroatoms. The molecule has 21 heavy (non-hydrogen) atoms. The van der Waals surface area contributed by atoms with Crippen molar-refractivity contribution in [2.75, 3.05) is 6.54 Å². The van der Waals surface area contributed by atoms with Crippen LogP contribution in [0.2, 0.25) is 0 Å². The molecule has 0 aliphatic heterocycles. The molecule has 1 N–H and O–H groups in total. The zero-order valence-corrected chi connectivity index (χ0v) is 13.4. The van der Waals surface area contributed by atoms with Gasteiger partial charge in [0.05, 0.1) is 12.2 Å². The van der Waals surface area contributed by atoms with E-state index >= 15 is 0 Å². The van der Waals surface area contributed by atoms with Gasteiger partial charge in [0, 0.05) is 23.0 Å². The van der Waals surface area contributed by atoms with Crippen LogP contribution in [0.1, 0.15) is 37.4 Å². The van der Waals surface area contributed by atoms with Gasteiger partial charge in [-0.05, 0) is 42.3 Å². The van der Waals surface area contributed by atoms with Gasteiger partial charge >= 0.3 is 0 Å². The number of rotatable bonds is 6. The monoisotopic (exact) mass is 299 g/mol. The summed E-state index contributed by atoms with van der Waals surface area (Å²) < 4.78 is 3.34. The van der Waals surface area contributed by atoms with E-state index in [1.165, 1.54) is 21.2 Å². The number of benzene rings is 1. The van der Waals surface area contributed by atoms with E-state index in [0.29, 0.717) is 0 Å². The molecule has 0 saturated carbocycles. The Morgan fingerprint density at radius 2 is 2.14 bits per heavy atom. The lowest BCUT2D eigenvalue weighted by atomic mass is 10.0. The average molecular weight is 299 g/mol. The molecule has 0 aliphatic carbocycles. The molecule has 2 heterocycles. The Morgan fingerprint density at radius 1 is 1.29 bits per heavy atom. The van der Waals surface area contributed by atoms with Crippen LogP contribution in [0.25, 0.3) is 10.1 Å². The molecule has 110 valence electrons. The fourth-order valence-corrected chi connectivity index (χ4v) is 3.61. The zero-order chi connectivity index (χ0) is 14.7. The molecule has 3 rings (SSSR count). The van der Waals surface area contributed by atoms with Crippen LogP contribution in [0.4, 0.5) is 0 Å². The van der Waals surface area contributed by atoms with Crippen LogP contribution in [0.3, 0.4) is 0 Å². The Kier molecular flexibility index (Phi) is 4.36. The number of hydrogen-bond acceptors (Lipinski definition) is 3. The lowest BCUT2D eigenvalue weighted by Gasteiger charge is -2.17. The molecule has 0 bridgehead atoms. The first-order valence-electron chi connectivity index (χ1n) is 7.55. The summed E-state index contributed by atoms with van der Waals surface area (Å²) in [6.45, 7) is 6.23. The highest BCUT2D eigenvalue weighted by atomic mass is 32.1. The Morgan fingerprint density at radius 3 is 2.90 bits per heavy atom. The summed E-state index contributed by atoms with van der Waals surface area (Å²) in [6, 6.07) is 8.85. The summed E-state index contributed by atoms with van der Waals surface area (Å²) in [7, 11) is 0. The average Bonchev–Trinajstić information content (AvgIpc) is 3.15. The maximum atomic E-state index is 4.43. The molecule has 0 amide bonds. The molecular weight excluding hydrogens is 278 g/mol. The molecule has 0 spiro atoms. The van der Waals surface area contributed by atoms with Gasteiger partial charge in [0.15, 0.2) is 0 Å². The first kappa shape index (κ1) is 14.3. The Labute approximate surface area is 129 Å². The molecule has 3 nitrogen and oxygen atoms in total. The molecular formula is C17H21N3S. The minimum atomic E-state index is 0.224. The maximum absolute atomic E-state index is 4.43. The maximum Gasteiger partial charge on any atom is 0.0622 e. The Balaban J connectivity index is 2.02. The highest BCUT2D eigenvalue weighted by Crippen LogP contribution is 2.33. The van der Waals surface area contributed by atoms with Crippen molar-refractivity contribution in [3.05, 3.63) is 53.2 Å². The quantitative estimate of drug-likeness (QED) is 0.739. The van der Waals surface area contributed by atoms with Crippen molar-refractivity contribution in [2.24, 2.45) is 0 Å². The van der Waals surface area contributed by atoms with Crippen molar-refractivity contribution in [3.63, 3.8) is 0 Å². The van der Waals surface area contributed by atoms with Gasteiger partial charge in [0.2, 0.25) is 0 Å². The second kappa shape index (κ2) is 6.41. The summed E-state index contributed by atoms with van der Waals surface area (Å²) in [5.41, 5.74) is 2.61. The molecule has 0 fully saturated rings. The van der Waals surface area contributed by atoms with Gasteiger partial charge in [-0.25, -0.2) is 0 Å². The molecule has 0 saturated heterocycles. The first-order valence-corrected chi connectivity index (χ1v) is 8.43. The number of nitrogens with one attached hydrogen (secondary N) is 1. The van der Waals surface area contributed by atoms with Gasteiger partial charge in [0.1, 0.15) is 0 Å². The van der Waals surface area contributed by atoms with Crippen molar-refractivity contribution in [1.29, 1.82) is 0 Å². The molecule has 1 aromatic carbocycles. The van der Waals surface area contributed by atoms with E-state index in [1.807, 2.05) is 22.2 Å². The number of hydrogen-bond donors (Lipinski definition) is 1. The van der Waals surface area contributed by atoms with Crippen molar-refractivity contribution < 1.29 is 0 Å². The molecule has 1 unspecified atom stereocenters. The van der Waals surface area contributed by atoms with Crippen LogP contribution in [-0.2, 0) is 6.54 Å². The van der Waals surface area contributed by atoms with E-state index in [9.17, 15) is 0 Å². The van der Waals surface area contributed by atoms with E-state index in [0.717, 1.165) is 19.5 Å². The molecule has 0 aliphatic rings. The number of thiophene rings is 1. The van der Waals surface area contributed by atoms with Crippen LogP contribution < -0.4 is 5.32 Å². The van der Waals surface area contributed by atoms with E-state index < -0.39 is 0 Å². The lowest BCUT2D eigenvalue weighted by molar-refractivity contribution is 0.600. The van der Waals surface area contributed by atoms with Crippen LogP contribution in [0.5, 0.6) is 0 Å². The van der Waals surface area contributed by atoms with E-state index in [1.54, 1.807) is 0 Å². The van der Waals surface area contributed by atoms with Crippen LogP contribution >= 0.6 is 11.3 Å². The van der Waals surface area contributed by atoms with Gasteiger partial charge in [-0.15, -0.1) is 11.3 Å². The molecule has 2 aromatic heterocycles. The van der Waals surface area contributed by atoms with Gasteiger partial charge in [0.25, 0.3) is 0 Å². The Hall–Kier alpha value is -1.65. The first-order chi connectivity index (χ1) is 10.3. The third-order valence-electron chi connectivity index (χ3n) is 3.73. The third-order valence-corrected chi connectivity index (χ3v) is 4.71. The van der Waals surface area contributed by atoms with Crippen molar-refractivity contribution in [1.82, 2.24) is 15.1 Å². The van der Waals surface area contributed by atoms with E-state index in [2.05, 4.69) is 60.1 Å². The van der Waals surface area contributed by atoms with Crippen LogP contribution in [0, 0.1) is 0 Å². The van der Waals surface area contributed by atoms with Crippen LogP contribution in [0.15, 0.2) is 42.0 Å². The van der Waals surface area contributed by atoms with E-state index in [-0.39, 0.29) is 6.04 Å². The van der Waals surface area contributed by atoms with E-state index in [4.69, 9.17) is 0 Å². The van der Waals surface area contributed by atoms with Crippen LogP contribution in [-0.4, -0.2) is 16.3 Å². The number of aryl methyl sites for hydroxylation is 1. The van der Waals surface area contributed by atoms with Gasteiger partial charge < -0.3 is 5.32 Å². The highest BCUT2D eigenvalue weighted by Gasteiger charge is 2.18. The molecule has 0 radical (unpaired) electrons. The minimum Gasteiger partial charge on any atom is -0.306 e. The number of fused-ring (bicyclic) bond motifs is 1. The fourth-order valence-electron chi connectivity index (χ4n) is 2.62. The van der Waals surface area contributed by atoms with Gasteiger partial charge in [-0.2, -0.15) is 5.10 Å². The molecule has 1 atom stereocenters. The lowest BCUT2D eigenvalue weighted by Crippen LogP contribution is -2.22. The second-order valence-electron chi connectivity index (χ2n) is 5.20. The van der Waals surface area contributed by atoms with Gasteiger partial charge in [-0.1, -0.05) is 25.1 Å². The molecule has 3 aromatic rings. The summed E-state index contributed by atoms with van der Waals surface area (Å²) in [5.74, 6) is 0. The fraction of sp³-hybridized carbons (Fsp3) is 0.353. The topological polar surface area (TPSA) is 29.9 Å². The SMILES string of the molecule is CCCNC(c1cnn(CC)c1)c1csc2ccccc12. The predicted octanol–water partition coefficient (Wildman–Crippen LogP) is 4.21.